The van der Waals surface area contributed by atoms with Gasteiger partial charge in [0.2, 0.25) is 0 Å². The van der Waals surface area contributed by atoms with Crippen LogP contribution in [0.1, 0.15) is 18.9 Å². The summed E-state index contributed by atoms with van der Waals surface area (Å²) in [6, 6.07) is 8.60. The van der Waals surface area contributed by atoms with Crippen LogP contribution in [-0.2, 0) is 11.2 Å². The van der Waals surface area contributed by atoms with Crippen LogP contribution in [0.4, 0.5) is 0 Å². The Kier molecular flexibility index (Phi) is 4.43. The van der Waals surface area contributed by atoms with Gasteiger partial charge in [0.05, 0.1) is 12.7 Å². The summed E-state index contributed by atoms with van der Waals surface area (Å²) in [5.74, 6) is 0.616. The smallest absolute Gasteiger partial charge is 0.0551 e. The number of hydrogen-bond donors (Lipinski definition) is 1. The molecule has 3 atom stereocenters. The Morgan fingerprint density at radius 2 is 2.12 bits per heavy atom. The van der Waals surface area contributed by atoms with Crippen LogP contribution in [0.2, 0.25) is 5.02 Å². The molecule has 2 rings (SSSR count). The van der Waals surface area contributed by atoms with E-state index in [1.165, 1.54) is 5.56 Å². The van der Waals surface area contributed by atoms with Gasteiger partial charge in [0, 0.05) is 17.0 Å². The van der Waals surface area contributed by atoms with Crippen LogP contribution in [-0.4, -0.2) is 25.8 Å². The minimum Gasteiger partial charge on any atom is -0.378 e. The summed E-state index contributed by atoms with van der Waals surface area (Å²) in [5, 5.41) is 4.21. The summed E-state index contributed by atoms with van der Waals surface area (Å²) in [7, 11) is 2.03. The van der Waals surface area contributed by atoms with E-state index in [4.69, 9.17) is 16.3 Å². The van der Waals surface area contributed by atoms with Gasteiger partial charge in [0.25, 0.3) is 0 Å². The molecule has 1 aromatic carbocycles. The lowest BCUT2D eigenvalue weighted by Crippen LogP contribution is -2.36. The number of hydrogen-bond acceptors (Lipinski definition) is 2. The Morgan fingerprint density at radius 1 is 1.41 bits per heavy atom. The van der Waals surface area contributed by atoms with Gasteiger partial charge >= 0.3 is 0 Å². The van der Waals surface area contributed by atoms with Crippen LogP contribution in [0.15, 0.2) is 24.3 Å². The third-order valence-corrected chi connectivity index (χ3v) is 3.79. The number of likely N-dealkylation sites (N-methyl/N-ethyl adjacent to an activating group) is 1. The molecule has 0 aliphatic carbocycles. The van der Waals surface area contributed by atoms with Gasteiger partial charge in [-0.15, -0.1) is 0 Å². The molecule has 0 bridgehead atoms. The van der Waals surface area contributed by atoms with Crippen LogP contribution < -0.4 is 5.32 Å². The summed E-state index contributed by atoms with van der Waals surface area (Å²) in [5.41, 5.74) is 1.33. The summed E-state index contributed by atoms with van der Waals surface area (Å²) in [4.78, 5) is 0. The van der Waals surface area contributed by atoms with Crippen molar-refractivity contribution in [2.45, 2.75) is 31.9 Å². The third-order valence-electron chi connectivity index (χ3n) is 3.54. The topological polar surface area (TPSA) is 21.3 Å². The molecule has 0 saturated carbocycles. The molecule has 3 heteroatoms. The van der Waals surface area contributed by atoms with Crippen LogP contribution in [0.25, 0.3) is 0 Å². The molecule has 1 aliphatic heterocycles. The van der Waals surface area contributed by atoms with Crippen LogP contribution in [0.3, 0.4) is 0 Å². The largest absolute Gasteiger partial charge is 0.378 e. The fourth-order valence-electron chi connectivity index (χ4n) is 2.51. The maximum Gasteiger partial charge on any atom is 0.0551 e. The Bertz CT molecular complexity index is 352. The lowest BCUT2D eigenvalue weighted by atomic mass is 9.92. The van der Waals surface area contributed by atoms with Crippen molar-refractivity contribution in [1.82, 2.24) is 5.32 Å². The van der Waals surface area contributed by atoms with Gasteiger partial charge in [-0.1, -0.05) is 23.7 Å². The predicted molar refractivity (Wildman–Crippen MR) is 71.5 cm³/mol. The quantitative estimate of drug-likeness (QED) is 0.891. The zero-order chi connectivity index (χ0) is 12.3. The molecular formula is C14H20ClNO. The van der Waals surface area contributed by atoms with Crippen molar-refractivity contribution in [3.05, 3.63) is 34.9 Å². The Labute approximate surface area is 108 Å². The highest BCUT2D eigenvalue weighted by atomic mass is 35.5. The Morgan fingerprint density at radius 3 is 2.65 bits per heavy atom. The molecule has 1 heterocycles. The molecule has 1 aliphatic rings. The van der Waals surface area contributed by atoms with Crippen molar-refractivity contribution < 1.29 is 4.74 Å². The highest BCUT2D eigenvalue weighted by Crippen LogP contribution is 2.24. The summed E-state index contributed by atoms with van der Waals surface area (Å²) in [6.45, 7) is 3.02. The first-order valence-corrected chi connectivity index (χ1v) is 6.60. The minimum atomic E-state index is 0.404. The van der Waals surface area contributed by atoms with E-state index in [9.17, 15) is 0 Å². The third kappa shape index (κ3) is 3.44. The van der Waals surface area contributed by atoms with E-state index >= 15 is 0 Å². The predicted octanol–water partition coefficient (Wildman–Crippen LogP) is 2.90. The first kappa shape index (κ1) is 12.9. The minimum absolute atomic E-state index is 0.404. The average Bonchev–Trinajstić information content (AvgIpc) is 2.75. The lowest BCUT2D eigenvalue weighted by molar-refractivity contribution is 0.117. The van der Waals surface area contributed by atoms with E-state index in [1.54, 1.807) is 0 Å². The number of nitrogens with one attached hydrogen (secondary N) is 1. The second-order valence-electron chi connectivity index (χ2n) is 4.87. The molecule has 0 radical (unpaired) electrons. The zero-order valence-electron chi connectivity index (χ0n) is 10.4. The van der Waals surface area contributed by atoms with Gasteiger partial charge < -0.3 is 10.1 Å². The summed E-state index contributed by atoms with van der Waals surface area (Å²) >= 11 is 5.89. The molecule has 1 fully saturated rings. The first-order valence-electron chi connectivity index (χ1n) is 6.22. The van der Waals surface area contributed by atoms with Gasteiger partial charge in [-0.2, -0.15) is 0 Å². The van der Waals surface area contributed by atoms with Crippen molar-refractivity contribution in [2.24, 2.45) is 5.92 Å². The van der Waals surface area contributed by atoms with Gasteiger partial charge in [0.15, 0.2) is 0 Å². The van der Waals surface area contributed by atoms with E-state index in [-0.39, 0.29) is 0 Å². The van der Waals surface area contributed by atoms with E-state index < -0.39 is 0 Å². The summed E-state index contributed by atoms with van der Waals surface area (Å²) < 4.78 is 5.64. The van der Waals surface area contributed by atoms with Crippen molar-refractivity contribution >= 4 is 11.6 Å². The van der Waals surface area contributed by atoms with Crippen LogP contribution in [0, 0.1) is 5.92 Å². The van der Waals surface area contributed by atoms with Crippen molar-refractivity contribution in [3.8, 4) is 0 Å². The molecule has 17 heavy (non-hydrogen) atoms. The highest BCUT2D eigenvalue weighted by molar-refractivity contribution is 6.30. The summed E-state index contributed by atoms with van der Waals surface area (Å²) in [6.07, 6.45) is 2.59. The SMILES string of the molecule is CNC(Cc1ccc(Cl)cc1)C1COC(C)C1. The first-order chi connectivity index (χ1) is 8.19. The number of ether oxygens (including phenoxy) is 1. The average molecular weight is 254 g/mol. The molecule has 1 saturated heterocycles. The van der Waals surface area contributed by atoms with Gasteiger partial charge in [0.1, 0.15) is 0 Å². The van der Waals surface area contributed by atoms with Crippen molar-refractivity contribution in [1.29, 1.82) is 0 Å². The molecule has 94 valence electrons. The molecule has 3 unspecified atom stereocenters. The van der Waals surface area contributed by atoms with E-state index in [1.807, 2.05) is 19.2 Å². The molecule has 1 aromatic rings. The fourth-order valence-corrected chi connectivity index (χ4v) is 2.64. The second kappa shape index (κ2) is 5.85. The van der Waals surface area contributed by atoms with Crippen LogP contribution in [0.5, 0.6) is 0 Å². The van der Waals surface area contributed by atoms with Crippen LogP contribution >= 0.6 is 11.6 Å². The van der Waals surface area contributed by atoms with E-state index in [0.717, 1.165) is 24.5 Å². The van der Waals surface area contributed by atoms with E-state index in [2.05, 4.69) is 24.4 Å². The maximum atomic E-state index is 5.89. The van der Waals surface area contributed by atoms with Crippen molar-refractivity contribution in [2.75, 3.05) is 13.7 Å². The molecule has 1 N–H and O–H groups in total. The fraction of sp³-hybridized carbons (Fsp3) is 0.571. The Hall–Kier alpha value is -0.570. The van der Waals surface area contributed by atoms with Gasteiger partial charge in [-0.3, -0.25) is 0 Å². The monoisotopic (exact) mass is 253 g/mol. The number of rotatable bonds is 4. The molecule has 0 amide bonds. The zero-order valence-corrected chi connectivity index (χ0v) is 11.2. The number of benzene rings is 1. The molecule has 0 aromatic heterocycles. The second-order valence-corrected chi connectivity index (χ2v) is 5.30. The molecule has 2 nitrogen and oxygen atoms in total. The maximum absolute atomic E-state index is 5.89. The number of halogens is 1. The normalized spacial score (nSPS) is 26.1. The van der Waals surface area contributed by atoms with Gasteiger partial charge in [-0.05, 0) is 44.5 Å². The van der Waals surface area contributed by atoms with Crippen molar-refractivity contribution in [3.63, 3.8) is 0 Å². The molecule has 0 spiro atoms. The van der Waals surface area contributed by atoms with Gasteiger partial charge in [-0.25, -0.2) is 0 Å². The lowest BCUT2D eigenvalue weighted by Gasteiger charge is -2.22. The Balaban J connectivity index is 1.97. The van der Waals surface area contributed by atoms with E-state index in [0.29, 0.717) is 18.1 Å². The highest BCUT2D eigenvalue weighted by Gasteiger charge is 2.28. The molecular weight excluding hydrogens is 234 g/mol. The standard InChI is InChI=1S/C14H20ClNO/c1-10-7-12(9-17-10)14(16-2)8-11-3-5-13(15)6-4-11/h3-6,10,12,14,16H,7-9H2,1-2H3.